The van der Waals surface area contributed by atoms with Crippen LogP contribution in [0.2, 0.25) is 0 Å². The molecule has 0 aliphatic rings. The van der Waals surface area contributed by atoms with E-state index in [-0.39, 0.29) is 22.6 Å². The van der Waals surface area contributed by atoms with Gasteiger partial charge in [0.15, 0.2) is 11.5 Å². The van der Waals surface area contributed by atoms with Gasteiger partial charge in [0, 0.05) is 42.6 Å². The fraction of sp³-hybridized carbons (Fsp3) is 0.0833. The van der Waals surface area contributed by atoms with E-state index >= 15 is 0 Å². The van der Waals surface area contributed by atoms with Gasteiger partial charge in [0.1, 0.15) is 5.56 Å². The topological polar surface area (TPSA) is 157 Å². The lowest BCUT2D eigenvalue weighted by atomic mass is 10.0. The minimum absolute atomic E-state index is 0.0988. The number of benzene rings is 3. The third-order valence-electron chi connectivity index (χ3n) is 7.81. The van der Waals surface area contributed by atoms with Gasteiger partial charge in [-0.2, -0.15) is 13.5 Å². The van der Waals surface area contributed by atoms with Crippen LogP contribution in [0.25, 0.3) is 22.1 Å². The molecule has 248 valence electrons. The van der Waals surface area contributed by atoms with Gasteiger partial charge in [-0.1, -0.05) is 60.4 Å². The van der Waals surface area contributed by atoms with Crippen molar-refractivity contribution in [2.75, 3.05) is 9.44 Å². The largest absolute Gasteiger partial charge is 0.344 e. The highest BCUT2D eigenvalue weighted by atomic mass is 32.2. The monoisotopic (exact) mass is 683 g/mol. The van der Waals surface area contributed by atoms with Crippen molar-refractivity contribution in [2.45, 2.75) is 13.0 Å². The molecular formula is C36H29N9O4S. The summed E-state index contributed by atoms with van der Waals surface area (Å²) in [6.45, 7) is 1.74. The van der Waals surface area contributed by atoms with E-state index in [1.54, 1.807) is 96.4 Å². The third kappa shape index (κ3) is 6.40. The minimum atomic E-state index is -4.21. The Balaban J connectivity index is 1.28. The first-order valence-electron chi connectivity index (χ1n) is 15.4. The molecule has 1 atom stereocenters. The van der Waals surface area contributed by atoms with E-state index < -0.39 is 22.2 Å². The number of anilines is 2. The number of hydrogen-bond acceptors (Lipinski definition) is 7. The van der Waals surface area contributed by atoms with Crippen LogP contribution < -0.4 is 20.3 Å². The van der Waals surface area contributed by atoms with Gasteiger partial charge in [0.2, 0.25) is 0 Å². The number of carbonyl (C=O) groups excluding carboxylic acids is 1. The van der Waals surface area contributed by atoms with Crippen molar-refractivity contribution in [1.29, 1.82) is 0 Å². The molecular weight excluding hydrogens is 655 g/mol. The summed E-state index contributed by atoms with van der Waals surface area (Å²) in [6.07, 6.45) is 6.47. The zero-order valence-corrected chi connectivity index (χ0v) is 27.6. The summed E-state index contributed by atoms with van der Waals surface area (Å²) in [5.74, 6) is 5.32. The molecule has 7 rings (SSSR count). The predicted molar refractivity (Wildman–Crippen MR) is 190 cm³/mol. The van der Waals surface area contributed by atoms with Gasteiger partial charge in [-0.15, -0.1) is 5.10 Å². The van der Waals surface area contributed by atoms with Crippen molar-refractivity contribution >= 4 is 44.0 Å². The molecule has 7 aromatic rings. The summed E-state index contributed by atoms with van der Waals surface area (Å²) in [4.78, 5) is 32.8. The van der Waals surface area contributed by atoms with Gasteiger partial charge >= 0.3 is 10.2 Å². The summed E-state index contributed by atoms with van der Waals surface area (Å²) in [6, 6.07) is 25.5. The van der Waals surface area contributed by atoms with E-state index in [4.69, 9.17) is 0 Å². The van der Waals surface area contributed by atoms with Gasteiger partial charge in [-0.05, 0) is 54.8 Å². The van der Waals surface area contributed by atoms with Crippen LogP contribution in [-0.4, -0.2) is 43.3 Å². The van der Waals surface area contributed by atoms with Crippen LogP contribution in [0.5, 0.6) is 0 Å². The highest BCUT2D eigenvalue weighted by molar-refractivity contribution is 7.94. The van der Waals surface area contributed by atoms with Crippen LogP contribution >= 0.6 is 0 Å². The standard InChI is InChI=1S/C36H29N9O4S/c1-24(39-35(46)32-33(40-44-20-10-19-37-34(32)44)42-50(48,49)41-28-13-5-3-6-14-28)30-21-27-12-9-11-26(18-17-25-22-38-43(2)23-25)31(27)36(47)45(30)29-15-7-4-8-16-29/h3-16,19-24,41H,1-2H3,(H,39,46)(H,40,42)/t24-/m0/s1. The Morgan fingerprint density at radius 2 is 1.68 bits per heavy atom. The fourth-order valence-corrected chi connectivity index (χ4v) is 6.49. The van der Waals surface area contributed by atoms with Crippen LogP contribution in [0.15, 0.2) is 121 Å². The first-order valence-corrected chi connectivity index (χ1v) is 16.9. The molecule has 14 heteroatoms. The zero-order chi connectivity index (χ0) is 34.8. The Morgan fingerprint density at radius 1 is 0.920 bits per heavy atom. The highest BCUT2D eigenvalue weighted by Gasteiger charge is 2.27. The number of fused-ring (bicyclic) bond motifs is 2. The van der Waals surface area contributed by atoms with Gasteiger partial charge < -0.3 is 5.32 Å². The van der Waals surface area contributed by atoms with Gasteiger partial charge in [-0.3, -0.25) is 23.6 Å². The maximum Gasteiger partial charge on any atom is 0.322 e. The van der Waals surface area contributed by atoms with E-state index in [0.717, 1.165) is 0 Å². The lowest BCUT2D eigenvalue weighted by Crippen LogP contribution is -2.33. The van der Waals surface area contributed by atoms with Crippen molar-refractivity contribution in [3.05, 3.63) is 149 Å². The molecule has 0 unspecified atom stereocenters. The number of rotatable bonds is 8. The second kappa shape index (κ2) is 13.1. The summed E-state index contributed by atoms with van der Waals surface area (Å²) >= 11 is 0. The van der Waals surface area contributed by atoms with Gasteiger partial charge in [0.05, 0.1) is 28.9 Å². The minimum Gasteiger partial charge on any atom is -0.344 e. The normalized spacial score (nSPS) is 11.9. The summed E-state index contributed by atoms with van der Waals surface area (Å²) in [5, 5.41) is 12.5. The molecule has 0 aliphatic carbocycles. The molecule has 0 spiro atoms. The molecule has 0 aliphatic heterocycles. The lowest BCUT2D eigenvalue weighted by molar-refractivity contribution is 0.0941. The fourth-order valence-electron chi connectivity index (χ4n) is 5.60. The van der Waals surface area contributed by atoms with E-state index in [1.807, 2.05) is 36.4 Å². The molecule has 50 heavy (non-hydrogen) atoms. The van der Waals surface area contributed by atoms with E-state index in [1.165, 1.54) is 10.7 Å². The average molecular weight is 684 g/mol. The second-order valence-electron chi connectivity index (χ2n) is 11.3. The molecule has 4 heterocycles. The van der Waals surface area contributed by atoms with Gasteiger partial charge in [-0.25, -0.2) is 14.2 Å². The summed E-state index contributed by atoms with van der Waals surface area (Å²) in [7, 11) is -2.41. The number of nitrogens with zero attached hydrogens (tertiary/aromatic N) is 6. The van der Waals surface area contributed by atoms with Crippen molar-refractivity contribution < 1.29 is 13.2 Å². The molecule has 0 bridgehead atoms. The Labute approximate surface area is 286 Å². The average Bonchev–Trinajstić information content (AvgIpc) is 3.69. The molecule has 0 fully saturated rings. The third-order valence-corrected chi connectivity index (χ3v) is 8.77. The molecule has 3 aromatic carbocycles. The molecule has 4 aromatic heterocycles. The first-order chi connectivity index (χ1) is 24.2. The number of aryl methyl sites for hydroxylation is 1. The number of carbonyl (C=O) groups is 1. The van der Waals surface area contributed by atoms with Crippen LogP contribution in [-0.2, 0) is 17.3 Å². The number of amides is 1. The Hall–Kier alpha value is -6.72. The van der Waals surface area contributed by atoms with Gasteiger partial charge in [0.25, 0.3) is 11.5 Å². The molecule has 0 radical (unpaired) electrons. The SMILES string of the molecule is C[C@H](NC(=O)c1c(NS(=O)(=O)Nc2ccccc2)nn2cccnc12)c1cc2cccc(C#Cc3cnn(C)c3)c2c(=O)n1-c1ccccc1. The summed E-state index contributed by atoms with van der Waals surface area (Å²) < 4.78 is 35.5. The summed E-state index contributed by atoms with van der Waals surface area (Å²) in [5.41, 5.74) is 2.36. The van der Waals surface area contributed by atoms with Crippen molar-refractivity contribution in [3.63, 3.8) is 0 Å². The number of aromatic nitrogens is 6. The molecule has 1 amide bonds. The maximum absolute atomic E-state index is 14.4. The van der Waals surface area contributed by atoms with Crippen LogP contribution in [0.1, 0.15) is 40.1 Å². The van der Waals surface area contributed by atoms with E-state index in [9.17, 15) is 18.0 Å². The Bertz CT molecular complexity index is 2620. The van der Waals surface area contributed by atoms with Crippen molar-refractivity contribution in [2.24, 2.45) is 7.05 Å². The Kier molecular flexibility index (Phi) is 8.32. The lowest BCUT2D eigenvalue weighted by Gasteiger charge is -2.21. The van der Waals surface area contributed by atoms with Crippen LogP contribution in [0.4, 0.5) is 11.5 Å². The number of hydrogen-bond donors (Lipinski definition) is 3. The number of para-hydroxylation sites is 2. The van der Waals surface area contributed by atoms with Crippen LogP contribution in [0, 0.1) is 11.8 Å². The highest BCUT2D eigenvalue weighted by Crippen LogP contribution is 2.26. The smallest absolute Gasteiger partial charge is 0.322 e. The molecule has 13 nitrogen and oxygen atoms in total. The van der Waals surface area contributed by atoms with Crippen molar-refractivity contribution in [3.8, 4) is 17.5 Å². The quantitative estimate of drug-likeness (QED) is 0.200. The first kappa shape index (κ1) is 31.9. The zero-order valence-electron chi connectivity index (χ0n) is 26.8. The molecule has 0 saturated heterocycles. The molecule has 3 N–H and O–H groups in total. The predicted octanol–water partition coefficient (Wildman–Crippen LogP) is 4.43. The number of nitrogens with one attached hydrogen (secondary N) is 3. The van der Waals surface area contributed by atoms with E-state index in [2.05, 4.69) is 41.8 Å². The Morgan fingerprint density at radius 3 is 2.42 bits per heavy atom. The molecule has 0 saturated carbocycles. The maximum atomic E-state index is 14.4. The van der Waals surface area contributed by atoms with Crippen LogP contribution in [0.3, 0.4) is 0 Å². The number of pyridine rings is 1. The second-order valence-corrected chi connectivity index (χ2v) is 12.8. The van der Waals surface area contributed by atoms with Crippen molar-refractivity contribution in [1.82, 2.24) is 34.3 Å². The van der Waals surface area contributed by atoms with E-state index in [0.29, 0.717) is 39.0 Å².